The van der Waals surface area contributed by atoms with Crippen LogP contribution in [0.3, 0.4) is 0 Å². The third-order valence-electron chi connectivity index (χ3n) is 1.93. The Bertz CT molecular complexity index is 553. The lowest BCUT2D eigenvalue weighted by Gasteiger charge is -2.27. The molecule has 0 aromatic carbocycles. The number of aliphatic hydroxyl groups excluding tert-OH is 1. The van der Waals surface area contributed by atoms with Crippen LogP contribution in [0.1, 0.15) is 0 Å². The van der Waals surface area contributed by atoms with Gasteiger partial charge in [0.1, 0.15) is 6.10 Å². The van der Waals surface area contributed by atoms with Crippen molar-refractivity contribution in [3.8, 4) is 0 Å². The van der Waals surface area contributed by atoms with E-state index in [0.29, 0.717) is 12.2 Å². The van der Waals surface area contributed by atoms with Crippen LogP contribution in [0, 0.1) is 0 Å². The fourth-order valence-corrected chi connectivity index (χ4v) is 2.36. The summed E-state index contributed by atoms with van der Waals surface area (Å²) in [7, 11) is -9.92. The minimum absolute atomic E-state index is 0.141. The average Bonchev–Trinajstić information content (AvgIpc) is 2.06. The number of hydrogen-bond donors (Lipinski definition) is 4. The molecule has 0 spiro atoms. The van der Waals surface area contributed by atoms with E-state index in [9.17, 15) is 21.9 Å². The highest BCUT2D eigenvalue weighted by Crippen LogP contribution is 2.28. The standard InChI is InChI=1S/C6H8O8S2/c7-5-2-1-4(15(9,10)11)3-6(5,8)16(12,13)14/h1-3,5,7-8H,(H,9,10,11)(H,12,13,14). The molecular weight excluding hydrogens is 264 g/mol. The molecule has 2 unspecified atom stereocenters. The first kappa shape index (κ1) is 13.3. The van der Waals surface area contributed by atoms with Crippen LogP contribution in [0.15, 0.2) is 23.1 Å². The summed E-state index contributed by atoms with van der Waals surface area (Å²) in [4.78, 5) is -4.15. The molecule has 0 radical (unpaired) electrons. The predicted molar refractivity (Wildman–Crippen MR) is 51.3 cm³/mol. The van der Waals surface area contributed by atoms with Crippen molar-refractivity contribution < 1.29 is 36.2 Å². The third kappa shape index (κ3) is 2.16. The molecule has 16 heavy (non-hydrogen) atoms. The van der Waals surface area contributed by atoms with Gasteiger partial charge in [-0.2, -0.15) is 16.8 Å². The smallest absolute Gasteiger partial charge is 0.302 e. The minimum atomic E-state index is -5.17. The molecule has 0 aromatic rings. The molecule has 92 valence electrons. The Labute approximate surface area is 91.0 Å². The maximum absolute atomic E-state index is 10.8. The lowest BCUT2D eigenvalue weighted by atomic mass is 10.1. The second-order valence-electron chi connectivity index (χ2n) is 3.05. The van der Waals surface area contributed by atoms with Crippen molar-refractivity contribution in [3.05, 3.63) is 23.1 Å². The molecule has 10 heteroatoms. The Morgan fingerprint density at radius 2 is 1.69 bits per heavy atom. The molecule has 2 atom stereocenters. The van der Waals surface area contributed by atoms with Crippen molar-refractivity contribution in [2.75, 3.05) is 0 Å². The zero-order valence-electron chi connectivity index (χ0n) is 7.55. The van der Waals surface area contributed by atoms with E-state index >= 15 is 0 Å². The fourth-order valence-electron chi connectivity index (χ4n) is 1.05. The van der Waals surface area contributed by atoms with Crippen LogP contribution in [-0.4, -0.2) is 47.2 Å². The van der Waals surface area contributed by atoms with Crippen LogP contribution < -0.4 is 0 Å². The maximum atomic E-state index is 10.8. The predicted octanol–water partition coefficient (Wildman–Crippen LogP) is -1.73. The maximum Gasteiger partial charge on any atom is 0.302 e. The van der Waals surface area contributed by atoms with Gasteiger partial charge in [0.2, 0.25) is 4.93 Å². The first-order valence-electron chi connectivity index (χ1n) is 3.74. The van der Waals surface area contributed by atoms with Crippen molar-refractivity contribution in [3.63, 3.8) is 0 Å². The molecule has 0 aromatic heterocycles. The number of hydrogen-bond acceptors (Lipinski definition) is 6. The first-order valence-corrected chi connectivity index (χ1v) is 6.62. The van der Waals surface area contributed by atoms with Crippen molar-refractivity contribution in [2.24, 2.45) is 0 Å². The molecule has 0 bridgehead atoms. The summed E-state index contributed by atoms with van der Waals surface area (Å²) in [5.41, 5.74) is 0. The zero-order valence-corrected chi connectivity index (χ0v) is 9.18. The molecule has 0 aliphatic heterocycles. The Morgan fingerprint density at radius 1 is 1.19 bits per heavy atom. The highest BCUT2D eigenvalue weighted by Gasteiger charge is 2.47. The second kappa shape index (κ2) is 3.61. The lowest BCUT2D eigenvalue weighted by molar-refractivity contribution is 0.0394. The van der Waals surface area contributed by atoms with E-state index < -0.39 is 36.2 Å². The van der Waals surface area contributed by atoms with Crippen molar-refractivity contribution >= 4 is 20.2 Å². The minimum Gasteiger partial charge on any atom is -0.384 e. The Kier molecular flexibility index (Phi) is 3.00. The van der Waals surface area contributed by atoms with E-state index in [4.69, 9.17) is 14.2 Å². The lowest BCUT2D eigenvalue weighted by Crippen LogP contribution is -2.48. The van der Waals surface area contributed by atoms with Crippen molar-refractivity contribution in [1.82, 2.24) is 0 Å². The molecule has 1 aliphatic rings. The molecule has 1 aliphatic carbocycles. The fraction of sp³-hybridized carbons (Fsp3) is 0.333. The van der Waals surface area contributed by atoms with Crippen molar-refractivity contribution in [1.29, 1.82) is 0 Å². The first-order chi connectivity index (χ1) is 6.98. The van der Waals surface area contributed by atoms with Crippen LogP contribution in [-0.2, 0) is 20.2 Å². The van der Waals surface area contributed by atoms with E-state index in [-0.39, 0.29) is 6.08 Å². The summed E-state index contributed by atoms with van der Waals surface area (Å²) in [6.07, 6.45) is -0.605. The third-order valence-corrected chi connectivity index (χ3v) is 3.96. The van der Waals surface area contributed by atoms with E-state index in [2.05, 4.69) is 0 Å². The van der Waals surface area contributed by atoms with Gasteiger partial charge in [-0.3, -0.25) is 9.11 Å². The molecule has 8 nitrogen and oxygen atoms in total. The number of allylic oxidation sites excluding steroid dienone is 1. The van der Waals surface area contributed by atoms with Gasteiger partial charge in [0.15, 0.2) is 0 Å². The highest BCUT2D eigenvalue weighted by atomic mass is 32.2. The molecule has 0 saturated carbocycles. The van der Waals surface area contributed by atoms with Gasteiger partial charge in [0.25, 0.3) is 10.1 Å². The summed E-state index contributed by atoms with van der Waals surface area (Å²) in [5, 5.41) is 18.6. The SMILES string of the molecule is O=S(=O)(O)C1=CC(O)(S(=O)(=O)O)C(O)C=C1. The van der Waals surface area contributed by atoms with E-state index in [0.717, 1.165) is 0 Å². The van der Waals surface area contributed by atoms with E-state index in [1.54, 1.807) is 0 Å². The Balaban J connectivity index is 3.45. The van der Waals surface area contributed by atoms with Gasteiger partial charge in [-0.25, -0.2) is 0 Å². The summed E-state index contributed by atoms with van der Waals surface area (Å²) >= 11 is 0. The van der Waals surface area contributed by atoms with Crippen LogP contribution >= 0.6 is 0 Å². The normalized spacial score (nSPS) is 31.2. The highest BCUT2D eigenvalue weighted by molar-refractivity contribution is 7.90. The monoisotopic (exact) mass is 272 g/mol. The molecule has 1 rings (SSSR count). The molecule has 0 amide bonds. The van der Waals surface area contributed by atoms with Gasteiger partial charge in [-0.1, -0.05) is 6.08 Å². The van der Waals surface area contributed by atoms with Crippen molar-refractivity contribution in [2.45, 2.75) is 11.0 Å². The van der Waals surface area contributed by atoms with Gasteiger partial charge in [-0.15, -0.1) is 0 Å². The zero-order chi connectivity index (χ0) is 12.8. The molecule has 4 N–H and O–H groups in total. The van der Waals surface area contributed by atoms with Gasteiger partial charge in [0.05, 0.1) is 4.91 Å². The van der Waals surface area contributed by atoms with Crippen LogP contribution in [0.2, 0.25) is 0 Å². The Morgan fingerprint density at radius 3 is 2.06 bits per heavy atom. The molecule has 0 saturated heterocycles. The number of rotatable bonds is 2. The summed E-state index contributed by atoms with van der Waals surface area (Å²) in [6, 6.07) is 0. The van der Waals surface area contributed by atoms with Gasteiger partial charge in [0, 0.05) is 0 Å². The van der Waals surface area contributed by atoms with Crippen LogP contribution in [0.25, 0.3) is 0 Å². The molecular formula is C6H8O8S2. The van der Waals surface area contributed by atoms with Crippen LogP contribution in [0.4, 0.5) is 0 Å². The summed E-state index contributed by atoms with van der Waals surface area (Å²) in [5.74, 6) is 0. The van der Waals surface area contributed by atoms with Crippen LogP contribution in [0.5, 0.6) is 0 Å². The molecule has 0 fully saturated rings. The average molecular weight is 272 g/mol. The summed E-state index contributed by atoms with van der Waals surface area (Å²) in [6.45, 7) is 0. The van der Waals surface area contributed by atoms with E-state index in [1.165, 1.54) is 0 Å². The summed E-state index contributed by atoms with van der Waals surface area (Å²) < 4.78 is 60.2. The van der Waals surface area contributed by atoms with Gasteiger partial charge < -0.3 is 10.2 Å². The van der Waals surface area contributed by atoms with E-state index in [1.807, 2.05) is 0 Å². The topological polar surface area (TPSA) is 149 Å². The van der Waals surface area contributed by atoms with Gasteiger partial charge >= 0.3 is 10.1 Å². The number of aliphatic hydroxyl groups is 2. The second-order valence-corrected chi connectivity index (χ2v) is 6.08. The largest absolute Gasteiger partial charge is 0.384 e. The Hall–Kier alpha value is -0.780. The quantitative estimate of drug-likeness (QED) is 0.433. The molecule has 0 heterocycles. The van der Waals surface area contributed by atoms with Gasteiger partial charge in [-0.05, 0) is 12.2 Å².